The molecule has 1 fully saturated rings. The number of carbonyl (C=O) groups is 1. The van der Waals surface area contributed by atoms with E-state index in [1.54, 1.807) is 30.2 Å². The summed E-state index contributed by atoms with van der Waals surface area (Å²) in [6.07, 6.45) is -4.33. The summed E-state index contributed by atoms with van der Waals surface area (Å²) in [5.74, 6) is 1.36. The van der Waals surface area contributed by atoms with Crippen LogP contribution < -0.4 is 10.2 Å². The molecule has 28 heavy (non-hydrogen) atoms. The third-order valence-corrected chi connectivity index (χ3v) is 4.55. The summed E-state index contributed by atoms with van der Waals surface area (Å²) in [7, 11) is 0. The molecule has 0 bridgehead atoms. The molecule has 2 aromatic rings. The van der Waals surface area contributed by atoms with Crippen molar-refractivity contribution in [2.45, 2.75) is 38.5 Å². The largest absolute Gasteiger partial charge is 0.465 e. The van der Waals surface area contributed by atoms with Crippen LogP contribution >= 0.6 is 0 Å². The molecule has 2 atom stereocenters. The Morgan fingerprint density at radius 2 is 2.18 bits per heavy atom. The van der Waals surface area contributed by atoms with Gasteiger partial charge in [-0.05, 0) is 20.3 Å². The number of aromatic amines is 1. The number of rotatable bonds is 5. The van der Waals surface area contributed by atoms with Crippen LogP contribution in [0.1, 0.15) is 19.0 Å². The number of hydrogen-bond acceptors (Lipinski definition) is 6. The van der Waals surface area contributed by atoms with Gasteiger partial charge in [-0.25, -0.2) is 9.78 Å². The number of nitrogens with one attached hydrogen (secondary N) is 2. The van der Waals surface area contributed by atoms with Gasteiger partial charge >= 0.3 is 12.3 Å². The van der Waals surface area contributed by atoms with Crippen molar-refractivity contribution in [1.82, 2.24) is 25.1 Å². The van der Waals surface area contributed by atoms with Crippen molar-refractivity contribution in [2.75, 3.05) is 23.3 Å². The number of hydrogen-bond donors (Lipinski definition) is 3. The van der Waals surface area contributed by atoms with Crippen LogP contribution in [-0.4, -0.2) is 67.6 Å². The molecule has 3 heterocycles. The lowest BCUT2D eigenvalue weighted by molar-refractivity contribution is -0.177. The molecule has 1 saturated heterocycles. The van der Waals surface area contributed by atoms with Crippen molar-refractivity contribution in [2.24, 2.45) is 0 Å². The third kappa shape index (κ3) is 4.26. The van der Waals surface area contributed by atoms with E-state index < -0.39 is 24.4 Å². The van der Waals surface area contributed by atoms with Gasteiger partial charge in [-0.2, -0.15) is 23.3 Å². The quantitative estimate of drug-likeness (QED) is 0.709. The van der Waals surface area contributed by atoms with Crippen molar-refractivity contribution in [3.63, 3.8) is 0 Å². The summed E-state index contributed by atoms with van der Waals surface area (Å²) in [6.45, 7) is 3.05. The van der Waals surface area contributed by atoms with Crippen LogP contribution in [0.3, 0.4) is 0 Å². The molecule has 3 rings (SSSR count). The van der Waals surface area contributed by atoms with Gasteiger partial charge in [0.05, 0.1) is 6.04 Å². The highest BCUT2D eigenvalue weighted by atomic mass is 19.4. The van der Waals surface area contributed by atoms with Gasteiger partial charge in [0.2, 0.25) is 5.95 Å². The Kier molecular flexibility index (Phi) is 5.29. The number of carboxylic acid groups (broad SMARTS) is 1. The van der Waals surface area contributed by atoms with Crippen LogP contribution in [0.2, 0.25) is 0 Å². The maximum Gasteiger partial charge on any atom is 0.408 e. The summed E-state index contributed by atoms with van der Waals surface area (Å²) in [5.41, 5.74) is 0.658. The minimum Gasteiger partial charge on any atom is -0.465 e. The summed E-state index contributed by atoms with van der Waals surface area (Å²) in [5, 5.41) is 19.0. The van der Waals surface area contributed by atoms with Gasteiger partial charge in [0.25, 0.3) is 0 Å². The van der Waals surface area contributed by atoms with E-state index in [4.69, 9.17) is 0 Å². The molecular formula is C16H20F3N7O2. The first-order valence-electron chi connectivity index (χ1n) is 8.60. The Hall–Kier alpha value is -3.05. The molecule has 1 aliphatic heterocycles. The van der Waals surface area contributed by atoms with Crippen LogP contribution in [-0.2, 0) is 0 Å². The Morgan fingerprint density at radius 3 is 2.79 bits per heavy atom. The van der Waals surface area contributed by atoms with E-state index >= 15 is 0 Å². The first kappa shape index (κ1) is 19.7. The van der Waals surface area contributed by atoms with E-state index in [1.807, 2.05) is 0 Å². The van der Waals surface area contributed by atoms with Crippen molar-refractivity contribution < 1.29 is 23.1 Å². The SMILES string of the molecule is Cc1cc(Nc2cc[nH]n2)nc(N2CC[C@H](N(C(=O)O)[C@@H](C)C(F)(F)F)C2)n1. The number of anilines is 3. The van der Waals surface area contributed by atoms with Crippen molar-refractivity contribution in [3.8, 4) is 0 Å². The number of aryl methyl sites for hydroxylation is 1. The average molecular weight is 399 g/mol. The molecule has 0 saturated carbocycles. The number of amides is 1. The Bertz CT molecular complexity index is 828. The fraction of sp³-hybridized carbons (Fsp3) is 0.500. The zero-order chi connectivity index (χ0) is 20.5. The molecule has 0 unspecified atom stereocenters. The summed E-state index contributed by atoms with van der Waals surface area (Å²) >= 11 is 0. The van der Waals surface area contributed by atoms with Crippen LogP contribution in [0.25, 0.3) is 0 Å². The summed E-state index contributed by atoms with van der Waals surface area (Å²) < 4.78 is 39.2. The molecule has 0 radical (unpaired) electrons. The van der Waals surface area contributed by atoms with E-state index in [1.165, 1.54) is 0 Å². The third-order valence-electron chi connectivity index (χ3n) is 4.55. The predicted octanol–water partition coefficient (Wildman–Crippen LogP) is 2.76. The topological polar surface area (TPSA) is 110 Å². The van der Waals surface area contributed by atoms with Gasteiger partial charge in [-0.3, -0.25) is 10.00 Å². The number of aromatic nitrogens is 4. The zero-order valence-electron chi connectivity index (χ0n) is 15.2. The molecule has 2 aromatic heterocycles. The van der Waals surface area contributed by atoms with Crippen LogP contribution in [0, 0.1) is 6.92 Å². The second-order valence-electron chi connectivity index (χ2n) is 6.57. The molecule has 1 amide bonds. The monoisotopic (exact) mass is 399 g/mol. The first-order valence-corrected chi connectivity index (χ1v) is 8.60. The average Bonchev–Trinajstić information content (AvgIpc) is 3.25. The van der Waals surface area contributed by atoms with Gasteiger partial charge in [0.1, 0.15) is 11.9 Å². The van der Waals surface area contributed by atoms with E-state index in [0.29, 0.717) is 34.7 Å². The maximum atomic E-state index is 13.1. The Labute approximate surface area is 158 Å². The van der Waals surface area contributed by atoms with E-state index in [9.17, 15) is 23.1 Å². The molecule has 0 aromatic carbocycles. The normalized spacial score (nSPS) is 18.2. The minimum absolute atomic E-state index is 0.0814. The van der Waals surface area contributed by atoms with Gasteiger partial charge in [-0.15, -0.1) is 0 Å². The van der Waals surface area contributed by atoms with Gasteiger partial charge in [0, 0.05) is 37.1 Å². The standard InChI is InChI=1S/C16H20F3N7O2/c1-9-7-13(22-12-3-5-20-24-12)23-14(21-9)25-6-4-11(8-25)26(15(27)28)10(2)16(17,18)19/h3,5,7,10-11H,4,6,8H2,1-2H3,(H,27,28)(H2,20,21,22,23,24)/t10-,11-/m0/s1. The Balaban J connectivity index is 1.77. The number of H-pyrrole nitrogens is 1. The molecule has 12 heteroatoms. The Morgan fingerprint density at radius 1 is 1.43 bits per heavy atom. The second-order valence-corrected chi connectivity index (χ2v) is 6.57. The van der Waals surface area contributed by atoms with Gasteiger partial charge in [0.15, 0.2) is 5.82 Å². The second kappa shape index (κ2) is 7.52. The first-order chi connectivity index (χ1) is 13.1. The lowest BCUT2D eigenvalue weighted by atomic mass is 10.1. The number of nitrogens with zero attached hydrogens (tertiary/aromatic N) is 5. The molecule has 0 aliphatic carbocycles. The summed E-state index contributed by atoms with van der Waals surface area (Å²) in [4.78, 5) is 22.3. The van der Waals surface area contributed by atoms with Gasteiger partial charge in [-0.1, -0.05) is 0 Å². The molecule has 9 nitrogen and oxygen atoms in total. The zero-order valence-corrected chi connectivity index (χ0v) is 15.2. The lowest BCUT2D eigenvalue weighted by Crippen LogP contribution is -2.52. The molecule has 3 N–H and O–H groups in total. The molecule has 152 valence electrons. The minimum atomic E-state index is -4.63. The number of alkyl halides is 3. The van der Waals surface area contributed by atoms with E-state index in [2.05, 4.69) is 25.5 Å². The van der Waals surface area contributed by atoms with Crippen LogP contribution in [0.5, 0.6) is 0 Å². The van der Waals surface area contributed by atoms with Gasteiger partial charge < -0.3 is 15.3 Å². The lowest BCUT2D eigenvalue weighted by Gasteiger charge is -2.33. The molecule has 1 aliphatic rings. The fourth-order valence-corrected chi connectivity index (χ4v) is 3.17. The highest BCUT2D eigenvalue weighted by Crippen LogP contribution is 2.30. The fourth-order valence-electron chi connectivity index (χ4n) is 3.17. The molecule has 0 spiro atoms. The van der Waals surface area contributed by atoms with Crippen LogP contribution in [0.4, 0.5) is 35.5 Å². The summed E-state index contributed by atoms with van der Waals surface area (Å²) in [6, 6.07) is 0.527. The number of halogens is 3. The van der Waals surface area contributed by atoms with E-state index in [-0.39, 0.29) is 13.0 Å². The highest BCUT2D eigenvalue weighted by Gasteiger charge is 2.46. The molecular weight excluding hydrogens is 379 g/mol. The predicted molar refractivity (Wildman–Crippen MR) is 94.6 cm³/mol. The van der Waals surface area contributed by atoms with E-state index in [0.717, 1.165) is 6.92 Å². The smallest absolute Gasteiger partial charge is 0.408 e. The van der Waals surface area contributed by atoms with Crippen molar-refractivity contribution in [3.05, 3.63) is 24.0 Å². The van der Waals surface area contributed by atoms with Crippen LogP contribution in [0.15, 0.2) is 18.3 Å². The van der Waals surface area contributed by atoms with Crippen molar-refractivity contribution >= 4 is 23.7 Å². The highest BCUT2D eigenvalue weighted by molar-refractivity contribution is 5.66. The maximum absolute atomic E-state index is 13.1. The van der Waals surface area contributed by atoms with Crippen molar-refractivity contribution in [1.29, 1.82) is 0 Å².